The van der Waals surface area contributed by atoms with Gasteiger partial charge in [0.25, 0.3) is 0 Å². The fraction of sp³-hybridized carbons (Fsp3) is 0.400. The third-order valence-electron chi connectivity index (χ3n) is 2.46. The Morgan fingerprint density at radius 3 is 2.75 bits per heavy atom. The van der Waals surface area contributed by atoms with E-state index in [-0.39, 0.29) is 16.8 Å². The first-order valence-electron chi connectivity index (χ1n) is 4.88. The minimum atomic E-state index is -2.82. The maximum absolute atomic E-state index is 11.3. The number of hydrogen-bond donors (Lipinski definition) is 1. The predicted molar refractivity (Wildman–Crippen MR) is 68.8 cm³/mol. The number of benzene rings is 1. The van der Waals surface area contributed by atoms with Gasteiger partial charge in [0.1, 0.15) is 0 Å². The van der Waals surface area contributed by atoms with Gasteiger partial charge in [0.2, 0.25) is 0 Å². The maximum atomic E-state index is 11.3. The van der Waals surface area contributed by atoms with Crippen LogP contribution in [0.5, 0.6) is 0 Å². The van der Waals surface area contributed by atoms with E-state index in [1.807, 2.05) is 6.07 Å². The van der Waals surface area contributed by atoms with Crippen molar-refractivity contribution in [2.75, 3.05) is 17.2 Å². The summed E-state index contributed by atoms with van der Waals surface area (Å²) >= 11 is 7.32. The molecule has 1 aromatic carbocycles. The summed E-state index contributed by atoms with van der Waals surface area (Å²) in [4.78, 5) is 0.909. The zero-order valence-corrected chi connectivity index (χ0v) is 10.9. The summed E-state index contributed by atoms with van der Waals surface area (Å²) in [5.41, 5.74) is 6.43. The zero-order valence-electron chi connectivity index (χ0n) is 8.52. The molecular formula is C10H12ClNO2S2. The standard InChI is InChI=1S/C10H12ClNO2S2/c11-7-1-2-10(9(12)5-7)15-8-3-4-16(13,14)6-8/h1-2,5,8H,3-4,6,12H2. The fourth-order valence-electron chi connectivity index (χ4n) is 1.66. The van der Waals surface area contributed by atoms with Crippen molar-refractivity contribution in [3.8, 4) is 0 Å². The second kappa shape index (κ2) is 4.47. The van der Waals surface area contributed by atoms with Crippen LogP contribution in [0, 0.1) is 0 Å². The molecule has 1 unspecified atom stereocenters. The predicted octanol–water partition coefficient (Wildman–Crippen LogP) is 2.20. The smallest absolute Gasteiger partial charge is 0.151 e. The lowest BCUT2D eigenvalue weighted by Gasteiger charge is -2.09. The van der Waals surface area contributed by atoms with Crippen LogP contribution in [0.1, 0.15) is 6.42 Å². The lowest BCUT2D eigenvalue weighted by Crippen LogP contribution is -2.06. The number of halogens is 1. The molecule has 2 N–H and O–H groups in total. The van der Waals surface area contributed by atoms with Crippen LogP contribution in [0.15, 0.2) is 23.1 Å². The molecular weight excluding hydrogens is 266 g/mol. The van der Waals surface area contributed by atoms with Crippen molar-refractivity contribution in [2.24, 2.45) is 0 Å². The van der Waals surface area contributed by atoms with Crippen LogP contribution in [0.2, 0.25) is 5.02 Å². The molecule has 6 heteroatoms. The van der Waals surface area contributed by atoms with Crippen LogP contribution >= 0.6 is 23.4 Å². The number of anilines is 1. The van der Waals surface area contributed by atoms with Gasteiger partial charge in [0.15, 0.2) is 9.84 Å². The molecule has 1 aliphatic rings. The maximum Gasteiger partial charge on any atom is 0.151 e. The van der Waals surface area contributed by atoms with E-state index in [1.165, 1.54) is 11.8 Å². The Morgan fingerprint density at radius 1 is 1.44 bits per heavy atom. The Labute approximate surface area is 104 Å². The summed E-state index contributed by atoms with van der Waals surface area (Å²) in [5, 5.41) is 0.717. The third-order valence-corrected chi connectivity index (χ3v) is 6.03. The molecule has 1 aliphatic heterocycles. The molecule has 0 spiro atoms. The Bertz CT molecular complexity index is 502. The molecule has 0 radical (unpaired) electrons. The molecule has 88 valence electrons. The lowest BCUT2D eigenvalue weighted by molar-refractivity contribution is 0.602. The van der Waals surface area contributed by atoms with E-state index in [1.54, 1.807) is 12.1 Å². The molecule has 1 saturated heterocycles. The van der Waals surface area contributed by atoms with E-state index in [0.717, 1.165) is 4.90 Å². The van der Waals surface area contributed by atoms with Crippen molar-refractivity contribution < 1.29 is 8.42 Å². The lowest BCUT2D eigenvalue weighted by atomic mass is 10.3. The Balaban J connectivity index is 2.11. The van der Waals surface area contributed by atoms with Gasteiger partial charge in [0, 0.05) is 20.9 Å². The van der Waals surface area contributed by atoms with Crippen molar-refractivity contribution in [3.05, 3.63) is 23.2 Å². The topological polar surface area (TPSA) is 60.2 Å². The van der Waals surface area contributed by atoms with Gasteiger partial charge in [-0.1, -0.05) is 11.6 Å². The molecule has 1 aromatic rings. The molecule has 1 fully saturated rings. The van der Waals surface area contributed by atoms with E-state index in [4.69, 9.17) is 17.3 Å². The summed E-state index contributed by atoms with van der Waals surface area (Å²) in [7, 11) is -2.82. The monoisotopic (exact) mass is 277 g/mol. The van der Waals surface area contributed by atoms with Crippen molar-refractivity contribution in [3.63, 3.8) is 0 Å². The normalized spacial score (nSPS) is 23.4. The van der Waals surface area contributed by atoms with Crippen molar-refractivity contribution in [1.82, 2.24) is 0 Å². The van der Waals surface area contributed by atoms with E-state index in [0.29, 0.717) is 17.1 Å². The van der Waals surface area contributed by atoms with Crippen LogP contribution in [0.25, 0.3) is 0 Å². The molecule has 2 rings (SSSR count). The second-order valence-corrected chi connectivity index (χ2v) is 7.83. The van der Waals surface area contributed by atoms with Gasteiger partial charge in [-0.15, -0.1) is 11.8 Å². The van der Waals surface area contributed by atoms with Gasteiger partial charge >= 0.3 is 0 Å². The first-order chi connectivity index (χ1) is 7.46. The molecule has 3 nitrogen and oxygen atoms in total. The molecule has 16 heavy (non-hydrogen) atoms. The van der Waals surface area contributed by atoms with Crippen LogP contribution in [0.4, 0.5) is 5.69 Å². The number of rotatable bonds is 2. The van der Waals surface area contributed by atoms with Crippen molar-refractivity contribution in [1.29, 1.82) is 0 Å². The summed E-state index contributed by atoms with van der Waals surface area (Å²) in [6.07, 6.45) is 0.703. The Kier molecular flexibility index (Phi) is 3.37. The fourth-order valence-corrected chi connectivity index (χ4v) is 5.36. The summed E-state index contributed by atoms with van der Waals surface area (Å²) in [5.74, 6) is 0.540. The first kappa shape index (κ1) is 12.1. The molecule has 1 heterocycles. The van der Waals surface area contributed by atoms with Crippen LogP contribution in [-0.2, 0) is 9.84 Å². The van der Waals surface area contributed by atoms with Crippen LogP contribution < -0.4 is 5.73 Å². The summed E-state index contributed by atoms with van der Waals surface area (Å²) < 4.78 is 22.6. The molecule has 0 saturated carbocycles. The van der Waals surface area contributed by atoms with Crippen molar-refractivity contribution >= 4 is 38.9 Å². The Morgan fingerprint density at radius 2 is 2.19 bits per heavy atom. The number of sulfone groups is 1. The summed E-state index contributed by atoms with van der Waals surface area (Å²) in [6, 6.07) is 5.30. The van der Waals surface area contributed by atoms with E-state index in [9.17, 15) is 8.42 Å². The highest BCUT2D eigenvalue weighted by Crippen LogP contribution is 2.35. The van der Waals surface area contributed by atoms with Gasteiger partial charge in [-0.25, -0.2) is 8.42 Å². The number of hydrogen-bond acceptors (Lipinski definition) is 4. The van der Waals surface area contributed by atoms with Gasteiger partial charge < -0.3 is 5.73 Å². The minimum absolute atomic E-state index is 0.119. The van der Waals surface area contributed by atoms with Crippen LogP contribution in [0.3, 0.4) is 0 Å². The highest BCUT2D eigenvalue weighted by Gasteiger charge is 2.28. The van der Waals surface area contributed by atoms with E-state index in [2.05, 4.69) is 0 Å². The summed E-state index contributed by atoms with van der Waals surface area (Å²) in [6.45, 7) is 0. The quantitative estimate of drug-likeness (QED) is 0.842. The second-order valence-electron chi connectivity index (χ2n) is 3.83. The van der Waals surface area contributed by atoms with Gasteiger partial charge in [-0.3, -0.25) is 0 Å². The third kappa shape index (κ3) is 2.84. The number of thioether (sulfide) groups is 1. The minimum Gasteiger partial charge on any atom is -0.398 e. The average molecular weight is 278 g/mol. The largest absolute Gasteiger partial charge is 0.398 e. The van der Waals surface area contributed by atoms with Crippen LogP contribution in [-0.4, -0.2) is 25.2 Å². The number of nitrogen functional groups attached to an aromatic ring is 1. The van der Waals surface area contributed by atoms with Crippen molar-refractivity contribution in [2.45, 2.75) is 16.6 Å². The van der Waals surface area contributed by atoms with Gasteiger partial charge in [-0.2, -0.15) is 0 Å². The molecule has 0 aromatic heterocycles. The van der Waals surface area contributed by atoms with Gasteiger partial charge in [-0.05, 0) is 24.6 Å². The number of nitrogens with two attached hydrogens (primary N) is 1. The molecule has 1 atom stereocenters. The molecule has 0 bridgehead atoms. The van der Waals surface area contributed by atoms with E-state index < -0.39 is 9.84 Å². The molecule has 0 amide bonds. The highest BCUT2D eigenvalue weighted by atomic mass is 35.5. The molecule has 0 aliphatic carbocycles. The van der Waals surface area contributed by atoms with E-state index >= 15 is 0 Å². The Hall–Kier alpha value is -0.390. The first-order valence-corrected chi connectivity index (χ1v) is 7.96. The average Bonchev–Trinajstić information content (AvgIpc) is 2.51. The zero-order chi connectivity index (χ0) is 11.8. The SMILES string of the molecule is Nc1cc(Cl)ccc1SC1CCS(=O)(=O)C1. The highest BCUT2D eigenvalue weighted by molar-refractivity contribution is 8.02. The van der Waals surface area contributed by atoms with Gasteiger partial charge in [0.05, 0.1) is 11.5 Å².